The summed E-state index contributed by atoms with van der Waals surface area (Å²) >= 11 is 5.89. The van der Waals surface area contributed by atoms with E-state index in [2.05, 4.69) is 10.3 Å². The molecule has 2 unspecified atom stereocenters. The quantitative estimate of drug-likeness (QED) is 0.675. The number of aromatic nitrogens is 1. The van der Waals surface area contributed by atoms with Crippen LogP contribution in [-0.2, 0) is 4.79 Å². The number of urea groups is 1. The topological polar surface area (TPSA) is 108 Å². The molecule has 3 rings (SSSR count). The highest BCUT2D eigenvalue weighted by molar-refractivity contribution is 6.44. The van der Waals surface area contributed by atoms with Crippen LogP contribution in [0, 0.1) is 0 Å². The number of nitrogens with two attached hydrogens (primary N) is 1. The van der Waals surface area contributed by atoms with Gasteiger partial charge in [0.05, 0.1) is 17.1 Å². The molecule has 4 N–H and O–H groups in total. The van der Waals surface area contributed by atoms with Crippen molar-refractivity contribution in [3.05, 3.63) is 69.6 Å². The lowest BCUT2D eigenvalue weighted by Gasteiger charge is -2.31. The van der Waals surface area contributed by atoms with Crippen LogP contribution < -0.4 is 16.6 Å². The highest BCUT2D eigenvalue weighted by Gasteiger charge is 2.25. The maximum Gasteiger partial charge on any atom is 0.318 e. The number of carbonyl (C=O) groups excluding carboxylic acids is 2. The molecule has 2 aromatic rings. The van der Waals surface area contributed by atoms with Crippen molar-refractivity contribution in [2.45, 2.75) is 25.4 Å². The van der Waals surface area contributed by atoms with E-state index in [0.29, 0.717) is 24.9 Å². The minimum atomic E-state index is -0.479. The summed E-state index contributed by atoms with van der Waals surface area (Å²) in [5.74, 6) is -0.287. The largest absolute Gasteiger partial charge is 0.330 e. The molecule has 7 nitrogen and oxygen atoms in total. The van der Waals surface area contributed by atoms with Gasteiger partial charge in [-0.05, 0) is 49.1 Å². The van der Waals surface area contributed by atoms with E-state index in [0.717, 1.165) is 10.9 Å². The van der Waals surface area contributed by atoms with Crippen LogP contribution >= 0.6 is 11.6 Å². The van der Waals surface area contributed by atoms with Crippen LogP contribution in [0.4, 0.5) is 4.79 Å². The number of amides is 2. The van der Waals surface area contributed by atoms with Crippen molar-refractivity contribution in [2.24, 2.45) is 5.73 Å². The Morgan fingerprint density at radius 3 is 2.72 bits per heavy atom. The van der Waals surface area contributed by atoms with Crippen molar-refractivity contribution < 1.29 is 9.59 Å². The molecule has 0 saturated heterocycles. The summed E-state index contributed by atoms with van der Waals surface area (Å²) < 4.78 is 0. The molecule has 29 heavy (non-hydrogen) atoms. The van der Waals surface area contributed by atoms with Crippen molar-refractivity contribution >= 4 is 34.2 Å². The fraction of sp³-hybridized carbons (Fsp3) is 0.286. The van der Waals surface area contributed by atoms with Gasteiger partial charge in [0.15, 0.2) is 5.78 Å². The average molecular weight is 415 g/mol. The average Bonchev–Trinajstić information content (AvgIpc) is 2.71. The van der Waals surface area contributed by atoms with Gasteiger partial charge < -0.3 is 20.9 Å². The van der Waals surface area contributed by atoms with Gasteiger partial charge in [-0.2, -0.15) is 0 Å². The Labute approximate surface area is 173 Å². The number of nitrogens with zero attached hydrogens (tertiary/aromatic N) is 1. The standard InChI is InChI=1S/C21H23ClN4O3/c1-13(17-12-24-20(28)16-6-3-2-5-15(16)17)26(10-4-9-23)21(29)25-14-7-8-19(27)18(22)11-14/h2-3,5-8,11-14H,4,9-10,23H2,1H3,(H,24,28)(H,25,29). The fourth-order valence-electron chi connectivity index (χ4n) is 3.36. The van der Waals surface area contributed by atoms with Gasteiger partial charge in [-0.25, -0.2) is 4.79 Å². The summed E-state index contributed by atoms with van der Waals surface area (Å²) in [5.41, 5.74) is 6.32. The molecule has 152 valence electrons. The number of benzene rings is 1. The third kappa shape index (κ3) is 4.58. The molecule has 1 aliphatic rings. The maximum atomic E-state index is 13.0. The van der Waals surface area contributed by atoms with Crippen LogP contribution in [0.3, 0.4) is 0 Å². The normalized spacial score (nSPS) is 17.1. The number of allylic oxidation sites excluding steroid dienone is 2. The minimum absolute atomic E-state index is 0.0750. The number of fused-ring (bicyclic) bond motifs is 1. The van der Waals surface area contributed by atoms with Gasteiger partial charge in [0.2, 0.25) is 0 Å². The predicted molar refractivity (Wildman–Crippen MR) is 114 cm³/mol. The zero-order valence-electron chi connectivity index (χ0n) is 16.0. The molecular formula is C21H23ClN4O3. The Bertz CT molecular complexity index is 1040. The van der Waals surface area contributed by atoms with Crippen LogP contribution in [0.5, 0.6) is 0 Å². The molecule has 1 aliphatic carbocycles. The number of nitrogens with one attached hydrogen (secondary N) is 2. The number of pyridine rings is 1. The minimum Gasteiger partial charge on any atom is -0.330 e. The number of ketones is 1. The first kappa shape index (κ1) is 20.8. The van der Waals surface area contributed by atoms with Crippen molar-refractivity contribution in [1.82, 2.24) is 15.2 Å². The van der Waals surface area contributed by atoms with Crippen LogP contribution in [0.25, 0.3) is 10.8 Å². The van der Waals surface area contributed by atoms with Gasteiger partial charge in [0.1, 0.15) is 0 Å². The van der Waals surface area contributed by atoms with E-state index >= 15 is 0 Å². The van der Waals surface area contributed by atoms with E-state index in [1.807, 2.05) is 19.1 Å². The molecule has 0 bridgehead atoms. The first-order valence-corrected chi connectivity index (χ1v) is 9.77. The van der Waals surface area contributed by atoms with Gasteiger partial charge >= 0.3 is 6.03 Å². The van der Waals surface area contributed by atoms with Gasteiger partial charge in [-0.3, -0.25) is 9.59 Å². The monoisotopic (exact) mass is 414 g/mol. The van der Waals surface area contributed by atoms with Crippen molar-refractivity contribution in [1.29, 1.82) is 0 Å². The van der Waals surface area contributed by atoms with Gasteiger partial charge in [0, 0.05) is 18.1 Å². The number of rotatable bonds is 6. The third-order valence-corrected chi connectivity index (χ3v) is 5.24. The summed E-state index contributed by atoms with van der Waals surface area (Å²) in [6, 6.07) is 6.17. The second-order valence-electron chi connectivity index (χ2n) is 6.84. The van der Waals surface area contributed by atoms with Crippen molar-refractivity contribution in [3.63, 3.8) is 0 Å². The highest BCUT2D eigenvalue weighted by Crippen LogP contribution is 2.26. The molecule has 0 spiro atoms. The van der Waals surface area contributed by atoms with E-state index in [1.54, 1.807) is 29.3 Å². The van der Waals surface area contributed by atoms with Crippen LogP contribution in [-0.4, -0.2) is 40.8 Å². The van der Waals surface area contributed by atoms with Crippen LogP contribution in [0.15, 0.2) is 58.5 Å². The number of hydrogen-bond donors (Lipinski definition) is 3. The van der Waals surface area contributed by atoms with E-state index < -0.39 is 6.04 Å². The summed E-state index contributed by atoms with van der Waals surface area (Å²) in [4.78, 5) is 41.1. The number of aromatic amines is 1. The third-order valence-electron chi connectivity index (χ3n) is 4.93. The lowest BCUT2D eigenvalue weighted by molar-refractivity contribution is -0.110. The Morgan fingerprint density at radius 1 is 1.31 bits per heavy atom. The number of halogens is 1. The van der Waals surface area contributed by atoms with Gasteiger partial charge in [-0.1, -0.05) is 35.9 Å². The first-order valence-electron chi connectivity index (χ1n) is 9.39. The summed E-state index contributed by atoms with van der Waals surface area (Å²) in [6.07, 6.45) is 6.70. The smallest absolute Gasteiger partial charge is 0.318 e. The molecule has 2 amide bonds. The Morgan fingerprint density at radius 2 is 2.03 bits per heavy atom. The molecule has 0 fully saturated rings. The number of carbonyl (C=O) groups is 2. The summed E-state index contributed by atoms with van der Waals surface area (Å²) in [6.45, 7) is 2.77. The Balaban J connectivity index is 1.89. The van der Waals surface area contributed by atoms with Gasteiger partial charge in [-0.15, -0.1) is 0 Å². The van der Waals surface area contributed by atoms with Crippen LogP contribution in [0.2, 0.25) is 0 Å². The molecule has 1 aromatic heterocycles. The summed E-state index contributed by atoms with van der Waals surface area (Å²) in [5, 5.41) is 4.30. The molecule has 1 aromatic carbocycles. The molecule has 0 saturated carbocycles. The Hall–Kier alpha value is -2.90. The molecule has 0 radical (unpaired) electrons. The van der Waals surface area contributed by atoms with Crippen molar-refractivity contribution in [2.75, 3.05) is 13.1 Å². The zero-order valence-corrected chi connectivity index (χ0v) is 16.8. The fourth-order valence-corrected chi connectivity index (χ4v) is 3.56. The van der Waals surface area contributed by atoms with Crippen LogP contribution in [0.1, 0.15) is 24.9 Å². The molecule has 2 atom stereocenters. The SMILES string of the molecule is CC(c1c[nH]c(=O)c2ccccc12)N(CCCN)C(=O)NC1C=CC(=O)C(Cl)=C1. The predicted octanol–water partition coefficient (Wildman–Crippen LogP) is 2.58. The Kier molecular flexibility index (Phi) is 6.51. The van der Waals surface area contributed by atoms with E-state index in [-0.39, 0.29) is 28.4 Å². The van der Waals surface area contributed by atoms with E-state index in [4.69, 9.17) is 17.3 Å². The molecule has 8 heteroatoms. The number of H-pyrrole nitrogens is 1. The molecular weight excluding hydrogens is 392 g/mol. The number of hydrogen-bond acceptors (Lipinski definition) is 4. The molecule has 1 heterocycles. The highest BCUT2D eigenvalue weighted by atomic mass is 35.5. The molecule has 0 aliphatic heterocycles. The summed E-state index contributed by atoms with van der Waals surface area (Å²) in [7, 11) is 0. The zero-order chi connectivity index (χ0) is 21.0. The maximum absolute atomic E-state index is 13.0. The lowest BCUT2D eigenvalue weighted by atomic mass is 10.0. The van der Waals surface area contributed by atoms with E-state index in [1.165, 1.54) is 12.2 Å². The van der Waals surface area contributed by atoms with Crippen molar-refractivity contribution in [3.8, 4) is 0 Å². The lowest BCUT2D eigenvalue weighted by Crippen LogP contribution is -2.46. The first-order chi connectivity index (χ1) is 13.9. The van der Waals surface area contributed by atoms with Gasteiger partial charge in [0.25, 0.3) is 5.56 Å². The second-order valence-corrected chi connectivity index (χ2v) is 7.25. The van der Waals surface area contributed by atoms with E-state index in [9.17, 15) is 14.4 Å². The second kappa shape index (κ2) is 9.07.